The molecular formula is C16H23NO4. The summed E-state index contributed by atoms with van der Waals surface area (Å²) in [5.41, 5.74) is 0.391. The summed E-state index contributed by atoms with van der Waals surface area (Å²) in [4.78, 5) is 23.4. The fourth-order valence-corrected chi connectivity index (χ4v) is 1.89. The Morgan fingerprint density at radius 3 is 2.48 bits per heavy atom. The molecule has 116 valence electrons. The van der Waals surface area contributed by atoms with Crippen LogP contribution in [0.25, 0.3) is 0 Å². The van der Waals surface area contributed by atoms with Gasteiger partial charge in [-0.15, -0.1) is 0 Å². The van der Waals surface area contributed by atoms with Gasteiger partial charge in [-0.3, -0.25) is 4.79 Å². The van der Waals surface area contributed by atoms with Crippen molar-refractivity contribution in [3.8, 4) is 5.75 Å². The highest BCUT2D eigenvalue weighted by Gasteiger charge is 2.25. The van der Waals surface area contributed by atoms with Gasteiger partial charge in [-0.05, 0) is 38.0 Å². The molecule has 1 amide bonds. The number of rotatable bonds is 7. The highest BCUT2D eigenvalue weighted by molar-refractivity contribution is 5.96. The molecule has 0 saturated heterocycles. The number of nitrogens with one attached hydrogen (secondary N) is 1. The lowest BCUT2D eigenvalue weighted by atomic mass is 9.99. The van der Waals surface area contributed by atoms with Gasteiger partial charge in [0.15, 0.2) is 0 Å². The van der Waals surface area contributed by atoms with Crippen LogP contribution >= 0.6 is 0 Å². The Balaban J connectivity index is 2.85. The highest BCUT2D eigenvalue weighted by Crippen LogP contribution is 2.16. The molecule has 0 spiro atoms. The van der Waals surface area contributed by atoms with Gasteiger partial charge >= 0.3 is 5.97 Å². The number of hydrogen-bond acceptors (Lipinski definition) is 3. The van der Waals surface area contributed by atoms with Crippen molar-refractivity contribution in [2.24, 2.45) is 5.92 Å². The highest BCUT2D eigenvalue weighted by atomic mass is 16.5. The summed E-state index contributed by atoms with van der Waals surface area (Å²) < 4.78 is 5.53. The first-order chi connectivity index (χ1) is 9.85. The lowest BCUT2D eigenvalue weighted by Crippen LogP contribution is -2.45. The quantitative estimate of drug-likeness (QED) is 0.810. The first-order valence-electron chi connectivity index (χ1n) is 7.15. The number of carbonyl (C=O) groups is 2. The van der Waals surface area contributed by atoms with Crippen LogP contribution in [-0.4, -0.2) is 29.1 Å². The van der Waals surface area contributed by atoms with Crippen LogP contribution < -0.4 is 10.1 Å². The van der Waals surface area contributed by atoms with E-state index >= 15 is 0 Å². The molecule has 0 aliphatic rings. The van der Waals surface area contributed by atoms with Gasteiger partial charge in [-0.2, -0.15) is 0 Å². The Morgan fingerprint density at radius 1 is 1.29 bits per heavy atom. The molecule has 2 atom stereocenters. The van der Waals surface area contributed by atoms with E-state index in [0.29, 0.717) is 17.7 Å². The molecule has 2 N–H and O–H groups in total. The van der Waals surface area contributed by atoms with Crippen molar-refractivity contribution in [1.82, 2.24) is 5.32 Å². The lowest BCUT2D eigenvalue weighted by molar-refractivity contribution is -0.140. The van der Waals surface area contributed by atoms with E-state index in [4.69, 9.17) is 4.74 Å². The van der Waals surface area contributed by atoms with E-state index in [9.17, 15) is 14.7 Å². The molecule has 0 aliphatic heterocycles. The van der Waals surface area contributed by atoms with Crippen LogP contribution in [0.3, 0.4) is 0 Å². The van der Waals surface area contributed by atoms with Gasteiger partial charge in [0, 0.05) is 5.56 Å². The first kappa shape index (κ1) is 17.0. The fraction of sp³-hybridized carbons (Fsp3) is 0.500. The number of carbonyl (C=O) groups excluding carboxylic acids is 1. The molecule has 21 heavy (non-hydrogen) atoms. The van der Waals surface area contributed by atoms with E-state index in [-0.39, 0.29) is 12.0 Å². The predicted octanol–water partition coefficient (Wildman–Crippen LogP) is 2.70. The zero-order chi connectivity index (χ0) is 16.0. The van der Waals surface area contributed by atoms with Crippen LogP contribution in [0.15, 0.2) is 24.3 Å². The number of ether oxygens (including phenoxy) is 1. The molecule has 1 rings (SSSR count). The Labute approximate surface area is 125 Å². The molecule has 1 aromatic rings. The maximum atomic E-state index is 12.2. The van der Waals surface area contributed by atoms with Crippen molar-refractivity contribution in [3.05, 3.63) is 29.8 Å². The molecule has 0 radical (unpaired) electrons. The number of carboxylic acids is 1. The summed E-state index contributed by atoms with van der Waals surface area (Å²) in [6.07, 6.45) is 0.684. The van der Waals surface area contributed by atoms with E-state index in [2.05, 4.69) is 5.32 Å². The normalized spacial score (nSPS) is 13.6. The summed E-state index contributed by atoms with van der Waals surface area (Å²) in [5, 5.41) is 11.8. The fourth-order valence-electron chi connectivity index (χ4n) is 1.89. The SMILES string of the molecule is CCC(C)[C@H](NC(=O)c1cccc(OC(C)C)c1)C(=O)O. The maximum Gasteiger partial charge on any atom is 0.326 e. The van der Waals surface area contributed by atoms with Crippen molar-refractivity contribution in [2.45, 2.75) is 46.3 Å². The maximum absolute atomic E-state index is 12.2. The van der Waals surface area contributed by atoms with E-state index in [1.807, 2.05) is 20.8 Å². The van der Waals surface area contributed by atoms with Gasteiger partial charge in [-0.1, -0.05) is 26.3 Å². The van der Waals surface area contributed by atoms with Crippen molar-refractivity contribution >= 4 is 11.9 Å². The van der Waals surface area contributed by atoms with Crippen LogP contribution in [-0.2, 0) is 4.79 Å². The van der Waals surface area contributed by atoms with Crippen LogP contribution in [0.2, 0.25) is 0 Å². The van der Waals surface area contributed by atoms with Crippen LogP contribution in [0.4, 0.5) is 0 Å². The molecule has 0 bridgehead atoms. The van der Waals surface area contributed by atoms with Gasteiger partial charge in [0.25, 0.3) is 5.91 Å². The van der Waals surface area contributed by atoms with Crippen molar-refractivity contribution in [1.29, 1.82) is 0 Å². The van der Waals surface area contributed by atoms with Crippen molar-refractivity contribution < 1.29 is 19.4 Å². The number of amides is 1. The van der Waals surface area contributed by atoms with E-state index < -0.39 is 17.9 Å². The molecule has 0 heterocycles. The molecule has 1 unspecified atom stereocenters. The number of carboxylic acid groups (broad SMARTS) is 1. The van der Waals surface area contributed by atoms with Gasteiger partial charge in [0.1, 0.15) is 11.8 Å². The molecule has 5 nitrogen and oxygen atoms in total. The first-order valence-corrected chi connectivity index (χ1v) is 7.15. The van der Waals surface area contributed by atoms with Gasteiger partial charge < -0.3 is 15.2 Å². The molecule has 0 aliphatic carbocycles. The zero-order valence-electron chi connectivity index (χ0n) is 12.9. The van der Waals surface area contributed by atoms with Gasteiger partial charge in [0.2, 0.25) is 0 Å². The zero-order valence-corrected chi connectivity index (χ0v) is 12.9. The third-order valence-electron chi connectivity index (χ3n) is 3.23. The third kappa shape index (κ3) is 5.10. The van der Waals surface area contributed by atoms with Gasteiger partial charge in [-0.25, -0.2) is 4.79 Å². The van der Waals surface area contributed by atoms with E-state index in [0.717, 1.165) is 0 Å². The lowest BCUT2D eigenvalue weighted by Gasteiger charge is -2.20. The van der Waals surface area contributed by atoms with E-state index in [1.165, 1.54) is 0 Å². The standard InChI is InChI=1S/C16H23NO4/c1-5-11(4)14(16(19)20)17-15(18)12-7-6-8-13(9-12)21-10(2)3/h6-11,14H,5H2,1-4H3,(H,17,18)(H,19,20)/t11?,14-/m0/s1. The number of aliphatic carboxylic acids is 1. The third-order valence-corrected chi connectivity index (χ3v) is 3.23. The predicted molar refractivity (Wildman–Crippen MR) is 80.6 cm³/mol. The molecule has 1 aromatic carbocycles. The Kier molecular flexibility index (Phi) is 6.21. The summed E-state index contributed by atoms with van der Waals surface area (Å²) in [7, 11) is 0. The minimum Gasteiger partial charge on any atom is -0.491 e. The largest absolute Gasteiger partial charge is 0.491 e. The Morgan fingerprint density at radius 2 is 1.95 bits per heavy atom. The summed E-state index contributed by atoms with van der Waals surface area (Å²) in [5.74, 6) is -0.973. The summed E-state index contributed by atoms with van der Waals surface area (Å²) in [6, 6.07) is 5.84. The van der Waals surface area contributed by atoms with Crippen molar-refractivity contribution in [2.75, 3.05) is 0 Å². The topological polar surface area (TPSA) is 75.6 Å². The number of hydrogen-bond donors (Lipinski definition) is 2. The van der Waals surface area contributed by atoms with Crippen LogP contribution in [0.1, 0.15) is 44.5 Å². The molecule has 0 aromatic heterocycles. The molecular weight excluding hydrogens is 270 g/mol. The van der Waals surface area contributed by atoms with Crippen LogP contribution in [0, 0.1) is 5.92 Å². The Hall–Kier alpha value is -2.04. The molecule has 5 heteroatoms. The second-order valence-corrected chi connectivity index (χ2v) is 5.37. The van der Waals surface area contributed by atoms with Crippen molar-refractivity contribution in [3.63, 3.8) is 0 Å². The van der Waals surface area contributed by atoms with Crippen LogP contribution in [0.5, 0.6) is 5.75 Å². The minimum absolute atomic E-state index is 0.00944. The Bertz CT molecular complexity index is 499. The monoisotopic (exact) mass is 293 g/mol. The average molecular weight is 293 g/mol. The minimum atomic E-state index is -1.02. The summed E-state index contributed by atoms with van der Waals surface area (Å²) in [6.45, 7) is 7.49. The molecule has 0 saturated carbocycles. The number of benzene rings is 1. The average Bonchev–Trinajstić information content (AvgIpc) is 2.42. The van der Waals surface area contributed by atoms with Gasteiger partial charge in [0.05, 0.1) is 6.10 Å². The second kappa shape index (κ2) is 7.67. The summed E-state index contributed by atoms with van der Waals surface area (Å²) >= 11 is 0. The van der Waals surface area contributed by atoms with E-state index in [1.54, 1.807) is 31.2 Å². The molecule has 0 fully saturated rings. The second-order valence-electron chi connectivity index (χ2n) is 5.37. The smallest absolute Gasteiger partial charge is 0.326 e.